The Hall–Kier alpha value is -3.19. The lowest BCUT2D eigenvalue weighted by Gasteiger charge is -2.36. The predicted octanol–water partition coefficient (Wildman–Crippen LogP) is 3.29. The summed E-state index contributed by atoms with van der Waals surface area (Å²) in [6.45, 7) is 1.44. The number of halogens is 5. The molecule has 164 valence electrons. The number of amides is 1. The summed E-state index contributed by atoms with van der Waals surface area (Å²) in [5.74, 6) is -2.06. The van der Waals surface area contributed by atoms with E-state index in [0.717, 1.165) is 12.1 Å². The van der Waals surface area contributed by atoms with Crippen molar-refractivity contribution >= 4 is 11.6 Å². The van der Waals surface area contributed by atoms with Crippen molar-refractivity contribution in [3.63, 3.8) is 0 Å². The predicted molar refractivity (Wildman–Crippen MR) is 103 cm³/mol. The minimum atomic E-state index is -4.72. The highest BCUT2D eigenvalue weighted by atomic mass is 19.4. The molecule has 1 N–H and O–H groups in total. The fourth-order valence-electron chi connectivity index (χ4n) is 3.45. The maximum atomic E-state index is 13.8. The van der Waals surface area contributed by atoms with Crippen molar-refractivity contribution in [2.75, 3.05) is 37.6 Å². The number of benzene rings is 2. The molecule has 2 aromatic carbocycles. The van der Waals surface area contributed by atoms with Gasteiger partial charge in [0.2, 0.25) is 5.91 Å². The minimum Gasteiger partial charge on any atom is -0.368 e. The second-order valence-corrected chi connectivity index (χ2v) is 7.08. The van der Waals surface area contributed by atoms with Crippen LogP contribution in [0.25, 0.3) is 0 Å². The number of nitrogens with zero attached hydrogens (tertiary/aromatic N) is 3. The standard InChI is InChI=1S/C21H19F5N4O/c22-15-5-4-14(17(10-15)21(24,25)26)12-28-20(31)13-29-6-8-30(9-7-29)19-3-1-2-18(23)16(19)11-27/h1-5,10H,6-9,12-13H2,(H,28,31). The van der Waals surface area contributed by atoms with Gasteiger partial charge in [-0.2, -0.15) is 18.4 Å². The number of anilines is 1. The van der Waals surface area contributed by atoms with E-state index in [0.29, 0.717) is 37.9 Å². The number of nitriles is 1. The van der Waals surface area contributed by atoms with Crippen LogP contribution in [-0.4, -0.2) is 43.5 Å². The zero-order chi connectivity index (χ0) is 22.6. The van der Waals surface area contributed by atoms with E-state index in [4.69, 9.17) is 5.26 Å². The summed E-state index contributed by atoms with van der Waals surface area (Å²) < 4.78 is 66.1. The molecule has 1 heterocycles. The molecule has 2 aromatic rings. The molecule has 0 saturated carbocycles. The number of rotatable bonds is 5. The third kappa shape index (κ3) is 5.49. The second-order valence-electron chi connectivity index (χ2n) is 7.08. The van der Waals surface area contributed by atoms with Gasteiger partial charge in [0.05, 0.1) is 17.8 Å². The molecule has 1 saturated heterocycles. The van der Waals surface area contributed by atoms with E-state index < -0.39 is 29.3 Å². The Morgan fingerprint density at radius 1 is 1.10 bits per heavy atom. The van der Waals surface area contributed by atoms with E-state index in [1.807, 2.05) is 15.9 Å². The highest BCUT2D eigenvalue weighted by molar-refractivity contribution is 5.78. The van der Waals surface area contributed by atoms with Gasteiger partial charge in [0.15, 0.2) is 0 Å². The first-order chi connectivity index (χ1) is 14.7. The fraction of sp³-hybridized carbons (Fsp3) is 0.333. The molecule has 0 unspecified atom stereocenters. The van der Waals surface area contributed by atoms with Gasteiger partial charge >= 0.3 is 6.18 Å². The average molecular weight is 438 g/mol. The Kier molecular flexibility index (Phi) is 6.75. The summed E-state index contributed by atoms with van der Waals surface area (Å²) in [5, 5.41) is 11.6. The van der Waals surface area contributed by atoms with Crippen LogP contribution in [0.5, 0.6) is 0 Å². The number of carbonyl (C=O) groups is 1. The second kappa shape index (κ2) is 9.31. The van der Waals surface area contributed by atoms with Crippen LogP contribution in [0.15, 0.2) is 36.4 Å². The van der Waals surface area contributed by atoms with Crippen molar-refractivity contribution in [1.82, 2.24) is 10.2 Å². The molecule has 0 aromatic heterocycles. The van der Waals surface area contributed by atoms with Gasteiger partial charge in [-0.25, -0.2) is 8.78 Å². The Labute approximate surface area is 175 Å². The van der Waals surface area contributed by atoms with Gasteiger partial charge in [0.25, 0.3) is 0 Å². The van der Waals surface area contributed by atoms with Crippen LogP contribution in [0.3, 0.4) is 0 Å². The van der Waals surface area contributed by atoms with E-state index >= 15 is 0 Å². The zero-order valence-corrected chi connectivity index (χ0v) is 16.3. The molecule has 1 aliphatic rings. The molecular formula is C21H19F5N4O. The maximum absolute atomic E-state index is 13.8. The van der Waals surface area contributed by atoms with E-state index in [2.05, 4.69) is 5.32 Å². The van der Waals surface area contributed by atoms with Crippen LogP contribution in [-0.2, 0) is 17.5 Å². The number of carbonyl (C=O) groups excluding carboxylic acids is 1. The van der Waals surface area contributed by atoms with Crippen LogP contribution in [0.1, 0.15) is 16.7 Å². The molecule has 10 heteroatoms. The molecule has 0 aliphatic carbocycles. The lowest BCUT2D eigenvalue weighted by Crippen LogP contribution is -2.49. The molecule has 5 nitrogen and oxygen atoms in total. The normalized spacial score (nSPS) is 14.9. The van der Waals surface area contributed by atoms with Crippen LogP contribution in [0.2, 0.25) is 0 Å². The third-order valence-electron chi connectivity index (χ3n) is 5.04. The third-order valence-corrected chi connectivity index (χ3v) is 5.04. The van der Waals surface area contributed by atoms with Gasteiger partial charge < -0.3 is 10.2 Å². The Morgan fingerprint density at radius 2 is 1.81 bits per heavy atom. The van der Waals surface area contributed by atoms with E-state index in [9.17, 15) is 26.7 Å². The molecule has 0 bridgehead atoms. The summed E-state index contributed by atoms with van der Waals surface area (Å²) in [4.78, 5) is 15.9. The van der Waals surface area contributed by atoms with Crippen molar-refractivity contribution in [2.24, 2.45) is 0 Å². The monoisotopic (exact) mass is 438 g/mol. The number of hydrogen-bond acceptors (Lipinski definition) is 4. The van der Waals surface area contributed by atoms with Gasteiger partial charge in [-0.05, 0) is 29.8 Å². The molecule has 1 aliphatic heterocycles. The van der Waals surface area contributed by atoms with Crippen LogP contribution in [0, 0.1) is 23.0 Å². The van der Waals surface area contributed by atoms with Crippen molar-refractivity contribution in [1.29, 1.82) is 5.26 Å². The van der Waals surface area contributed by atoms with E-state index in [1.165, 1.54) is 12.1 Å². The highest BCUT2D eigenvalue weighted by Crippen LogP contribution is 2.32. The van der Waals surface area contributed by atoms with Gasteiger partial charge in [0, 0.05) is 32.7 Å². The summed E-state index contributed by atoms with van der Waals surface area (Å²) >= 11 is 0. The van der Waals surface area contributed by atoms with Crippen LogP contribution < -0.4 is 10.2 Å². The first-order valence-corrected chi connectivity index (χ1v) is 9.47. The smallest absolute Gasteiger partial charge is 0.368 e. The highest BCUT2D eigenvalue weighted by Gasteiger charge is 2.33. The quantitative estimate of drug-likeness (QED) is 0.728. The number of nitrogens with one attached hydrogen (secondary N) is 1. The molecule has 0 radical (unpaired) electrons. The molecule has 1 amide bonds. The largest absolute Gasteiger partial charge is 0.416 e. The fourth-order valence-corrected chi connectivity index (χ4v) is 3.45. The zero-order valence-electron chi connectivity index (χ0n) is 16.3. The van der Waals surface area contributed by atoms with E-state index in [-0.39, 0.29) is 24.2 Å². The lowest BCUT2D eigenvalue weighted by atomic mass is 10.1. The number of piperazine rings is 1. The molecule has 0 atom stereocenters. The van der Waals surface area contributed by atoms with Crippen molar-refractivity contribution in [3.05, 3.63) is 64.7 Å². The SMILES string of the molecule is N#Cc1c(F)cccc1N1CCN(CC(=O)NCc2ccc(F)cc2C(F)(F)F)CC1. The van der Waals surface area contributed by atoms with Gasteiger partial charge in [-0.3, -0.25) is 9.69 Å². The summed E-state index contributed by atoms with van der Waals surface area (Å²) in [6, 6.07) is 8.58. The molecule has 31 heavy (non-hydrogen) atoms. The Balaban J connectivity index is 1.54. The summed E-state index contributed by atoms with van der Waals surface area (Å²) in [7, 11) is 0. The van der Waals surface area contributed by atoms with Crippen molar-refractivity contribution in [3.8, 4) is 6.07 Å². The maximum Gasteiger partial charge on any atom is 0.416 e. The molecule has 1 fully saturated rings. The number of hydrogen-bond donors (Lipinski definition) is 1. The molecule has 3 rings (SSSR count). The van der Waals surface area contributed by atoms with Crippen molar-refractivity contribution in [2.45, 2.75) is 12.7 Å². The topological polar surface area (TPSA) is 59.4 Å². The van der Waals surface area contributed by atoms with Gasteiger partial charge in [-0.1, -0.05) is 12.1 Å². The molecule has 0 spiro atoms. The minimum absolute atomic E-state index is 0.0232. The van der Waals surface area contributed by atoms with E-state index in [1.54, 1.807) is 6.07 Å². The summed E-state index contributed by atoms with van der Waals surface area (Å²) in [5.41, 5.74) is -0.886. The van der Waals surface area contributed by atoms with Crippen LogP contribution in [0.4, 0.5) is 27.6 Å². The van der Waals surface area contributed by atoms with Crippen molar-refractivity contribution < 1.29 is 26.7 Å². The van der Waals surface area contributed by atoms with Gasteiger partial charge in [-0.15, -0.1) is 0 Å². The first-order valence-electron chi connectivity index (χ1n) is 9.47. The Bertz CT molecular complexity index is 994. The molecular weight excluding hydrogens is 419 g/mol. The first kappa shape index (κ1) is 22.5. The average Bonchev–Trinajstić information content (AvgIpc) is 2.72. The van der Waals surface area contributed by atoms with Crippen LogP contribution >= 0.6 is 0 Å². The summed E-state index contributed by atoms with van der Waals surface area (Å²) in [6.07, 6.45) is -4.72. The number of alkyl halides is 3. The Morgan fingerprint density at radius 3 is 2.45 bits per heavy atom. The van der Waals surface area contributed by atoms with Gasteiger partial charge in [0.1, 0.15) is 23.3 Å². The lowest BCUT2D eigenvalue weighted by molar-refractivity contribution is -0.138.